The van der Waals surface area contributed by atoms with Gasteiger partial charge in [0.15, 0.2) is 0 Å². The van der Waals surface area contributed by atoms with Crippen LogP contribution in [0, 0.1) is 0 Å². The fraction of sp³-hybridized carbons (Fsp3) is 0.308. The number of hydrogen-bond donors (Lipinski definition) is 0. The van der Waals surface area contributed by atoms with Crippen LogP contribution in [0.2, 0.25) is 0 Å². The van der Waals surface area contributed by atoms with Gasteiger partial charge in [0.25, 0.3) is 0 Å². The van der Waals surface area contributed by atoms with Crippen LogP contribution in [0.15, 0.2) is 78.9 Å². The Balaban J connectivity index is 1.41. The average molecular weight is 404 g/mol. The summed E-state index contributed by atoms with van der Waals surface area (Å²) in [6.45, 7) is 4.49. The third-order valence-electron chi connectivity index (χ3n) is 5.78. The van der Waals surface area contributed by atoms with E-state index >= 15 is 0 Å². The van der Waals surface area contributed by atoms with Crippen molar-refractivity contribution in [2.75, 3.05) is 38.7 Å². The van der Waals surface area contributed by atoms with Crippen molar-refractivity contribution in [1.29, 1.82) is 0 Å². The van der Waals surface area contributed by atoms with E-state index in [1.54, 1.807) is 0 Å². The highest BCUT2D eigenvalue weighted by Crippen LogP contribution is 2.25. The van der Waals surface area contributed by atoms with Crippen molar-refractivity contribution in [3.8, 4) is 11.1 Å². The standard InChI is InChI=1S/C26H31N2S/c1-28(2,21-23-8-12-25(13-9-23)24-6-4-3-5-7-24)26-14-10-22(11-15-26)20-27-16-18-29-19-17-27/h3-15H,16-21H2,1-2H3/q+1. The molecule has 0 saturated carbocycles. The van der Waals surface area contributed by atoms with Crippen LogP contribution in [0.25, 0.3) is 11.1 Å². The first kappa shape index (κ1) is 20.2. The Hall–Kier alpha value is -2.07. The number of nitrogens with zero attached hydrogens (tertiary/aromatic N) is 2. The summed E-state index contributed by atoms with van der Waals surface area (Å²) in [5, 5.41) is 0. The molecule has 1 aliphatic rings. The molecular weight excluding hydrogens is 372 g/mol. The Morgan fingerprint density at radius 2 is 1.31 bits per heavy atom. The number of benzene rings is 3. The molecule has 1 heterocycles. The molecule has 1 aliphatic heterocycles. The minimum Gasteiger partial charge on any atom is -0.297 e. The highest BCUT2D eigenvalue weighted by atomic mass is 32.2. The quantitative estimate of drug-likeness (QED) is 0.488. The fourth-order valence-corrected chi connectivity index (χ4v) is 4.98. The van der Waals surface area contributed by atoms with Crippen LogP contribution in [0.3, 0.4) is 0 Å². The molecule has 0 N–H and O–H groups in total. The van der Waals surface area contributed by atoms with Gasteiger partial charge >= 0.3 is 0 Å². The summed E-state index contributed by atoms with van der Waals surface area (Å²) in [5.41, 5.74) is 6.70. The molecule has 1 saturated heterocycles. The first-order valence-electron chi connectivity index (χ1n) is 10.5. The van der Waals surface area contributed by atoms with E-state index in [0.717, 1.165) is 17.6 Å². The van der Waals surface area contributed by atoms with Gasteiger partial charge in [0.05, 0.1) is 14.1 Å². The molecule has 3 aromatic carbocycles. The highest BCUT2D eigenvalue weighted by molar-refractivity contribution is 7.99. The summed E-state index contributed by atoms with van der Waals surface area (Å²) >= 11 is 2.07. The maximum Gasteiger partial charge on any atom is 0.132 e. The molecule has 0 spiro atoms. The zero-order valence-corrected chi connectivity index (χ0v) is 18.4. The van der Waals surface area contributed by atoms with E-state index in [1.165, 1.54) is 52.5 Å². The van der Waals surface area contributed by atoms with Gasteiger partial charge in [0.2, 0.25) is 0 Å². The molecule has 4 rings (SSSR count). The number of thioether (sulfide) groups is 1. The van der Waals surface area contributed by atoms with E-state index in [2.05, 4.69) is 110 Å². The second kappa shape index (κ2) is 9.17. The summed E-state index contributed by atoms with van der Waals surface area (Å²) < 4.78 is 0.852. The molecule has 29 heavy (non-hydrogen) atoms. The average Bonchev–Trinajstić information content (AvgIpc) is 2.76. The highest BCUT2D eigenvalue weighted by Gasteiger charge is 2.20. The lowest BCUT2D eigenvalue weighted by atomic mass is 10.0. The van der Waals surface area contributed by atoms with Crippen LogP contribution in [0.4, 0.5) is 5.69 Å². The molecular formula is C26H31N2S+. The summed E-state index contributed by atoms with van der Waals surface area (Å²) in [6, 6.07) is 28.9. The van der Waals surface area contributed by atoms with E-state index in [4.69, 9.17) is 0 Å². The molecule has 0 amide bonds. The van der Waals surface area contributed by atoms with Gasteiger partial charge in [0.1, 0.15) is 12.2 Å². The van der Waals surface area contributed by atoms with Crippen molar-refractivity contribution < 1.29 is 0 Å². The van der Waals surface area contributed by atoms with Gasteiger partial charge in [0, 0.05) is 36.7 Å². The molecule has 0 aliphatic carbocycles. The third kappa shape index (κ3) is 5.30. The maximum atomic E-state index is 2.57. The molecule has 0 unspecified atom stereocenters. The second-order valence-electron chi connectivity index (χ2n) is 8.46. The lowest BCUT2D eigenvalue weighted by molar-refractivity contribution is 0.294. The molecule has 2 nitrogen and oxygen atoms in total. The van der Waals surface area contributed by atoms with E-state index in [9.17, 15) is 0 Å². The normalized spacial score (nSPS) is 15.4. The predicted octanol–water partition coefficient (Wildman–Crippen LogP) is 5.67. The zero-order chi connectivity index (χ0) is 20.1. The molecule has 1 fully saturated rings. The van der Waals surface area contributed by atoms with Gasteiger partial charge in [-0.25, -0.2) is 0 Å². The van der Waals surface area contributed by atoms with Crippen LogP contribution in [-0.4, -0.2) is 43.6 Å². The van der Waals surface area contributed by atoms with Crippen molar-refractivity contribution in [2.24, 2.45) is 0 Å². The van der Waals surface area contributed by atoms with Crippen molar-refractivity contribution in [2.45, 2.75) is 13.1 Å². The minimum absolute atomic E-state index is 0.852. The van der Waals surface area contributed by atoms with Crippen molar-refractivity contribution in [1.82, 2.24) is 9.38 Å². The van der Waals surface area contributed by atoms with Crippen LogP contribution in [0.1, 0.15) is 11.1 Å². The van der Waals surface area contributed by atoms with Crippen LogP contribution >= 0.6 is 11.8 Å². The van der Waals surface area contributed by atoms with Crippen molar-refractivity contribution in [3.63, 3.8) is 0 Å². The minimum atomic E-state index is 0.852. The van der Waals surface area contributed by atoms with Crippen LogP contribution in [-0.2, 0) is 13.1 Å². The van der Waals surface area contributed by atoms with Gasteiger partial charge in [-0.05, 0) is 28.8 Å². The monoisotopic (exact) mass is 403 g/mol. The van der Waals surface area contributed by atoms with E-state index < -0.39 is 0 Å². The maximum absolute atomic E-state index is 2.57. The number of hydrogen-bond acceptors (Lipinski definition) is 2. The van der Waals surface area contributed by atoms with E-state index in [-0.39, 0.29) is 0 Å². The fourth-order valence-electron chi connectivity index (χ4n) is 4.00. The van der Waals surface area contributed by atoms with Crippen molar-refractivity contribution >= 4 is 17.4 Å². The molecule has 3 heteroatoms. The zero-order valence-electron chi connectivity index (χ0n) is 17.6. The first-order valence-corrected chi connectivity index (χ1v) is 11.6. The van der Waals surface area contributed by atoms with E-state index in [1.807, 2.05) is 0 Å². The smallest absolute Gasteiger partial charge is 0.132 e. The predicted molar refractivity (Wildman–Crippen MR) is 128 cm³/mol. The summed E-state index contributed by atoms with van der Waals surface area (Å²) in [5.74, 6) is 2.54. The van der Waals surface area contributed by atoms with Gasteiger partial charge in [-0.3, -0.25) is 9.38 Å². The molecule has 0 aromatic heterocycles. The Morgan fingerprint density at radius 3 is 1.97 bits per heavy atom. The molecule has 0 radical (unpaired) electrons. The lowest BCUT2D eigenvalue weighted by Gasteiger charge is -2.30. The lowest BCUT2D eigenvalue weighted by Crippen LogP contribution is -2.39. The topological polar surface area (TPSA) is 3.24 Å². The van der Waals surface area contributed by atoms with Gasteiger partial charge in [-0.2, -0.15) is 11.8 Å². The Morgan fingerprint density at radius 1 is 0.724 bits per heavy atom. The van der Waals surface area contributed by atoms with Gasteiger partial charge in [-0.15, -0.1) is 0 Å². The first-order chi connectivity index (χ1) is 14.1. The van der Waals surface area contributed by atoms with Crippen LogP contribution in [0.5, 0.6) is 0 Å². The summed E-state index contributed by atoms with van der Waals surface area (Å²) in [7, 11) is 4.59. The third-order valence-corrected chi connectivity index (χ3v) is 6.73. The molecule has 0 bridgehead atoms. The number of rotatable bonds is 6. The van der Waals surface area contributed by atoms with Gasteiger partial charge < -0.3 is 0 Å². The Bertz CT molecular complexity index is 896. The SMILES string of the molecule is C[N+](C)(Cc1ccc(-c2ccccc2)cc1)c1ccc(CN2CCSCC2)cc1. The largest absolute Gasteiger partial charge is 0.297 e. The van der Waals surface area contributed by atoms with E-state index in [0.29, 0.717) is 0 Å². The number of quaternary nitrogens is 1. The Labute approximate surface area is 179 Å². The van der Waals surface area contributed by atoms with Crippen molar-refractivity contribution in [3.05, 3.63) is 90.0 Å². The molecule has 0 atom stereocenters. The molecule has 150 valence electrons. The van der Waals surface area contributed by atoms with Gasteiger partial charge in [-0.1, -0.05) is 66.7 Å². The second-order valence-corrected chi connectivity index (χ2v) is 9.69. The summed E-state index contributed by atoms with van der Waals surface area (Å²) in [6.07, 6.45) is 0. The summed E-state index contributed by atoms with van der Waals surface area (Å²) in [4.78, 5) is 2.57. The Kier molecular flexibility index (Phi) is 6.39. The molecule has 3 aromatic rings. The van der Waals surface area contributed by atoms with Crippen LogP contribution < -0.4 is 4.48 Å².